The Bertz CT molecular complexity index is 2330. The van der Waals surface area contributed by atoms with Gasteiger partial charge in [0.05, 0.1) is 22.4 Å². The van der Waals surface area contributed by atoms with Gasteiger partial charge in [-0.15, -0.1) is 0 Å². The Labute approximate surface area is 296 Å². The predicted molar refractivity (Wildman–Crippen MR) is 208 cm³/mol. The Hall–Kier alpha value is -5.16. The predicted octanol–water partition coefficient (Wildman–Crippen LogP) is 12.2. The summed E-state index contributed by atoms with van der Waals surface area (Å²) in [5.74, 6) is 2.84. The van der Waals surface area contributed by atoms with Crippen LogP contribution in [0, 0.1) is 24.7 Å². The highest BCUT2D eigenvalue weighted by Crippen LogP contribution is 2.40. The second-order valence-corrected chi connectivity index (χ2v) is 16.1. The van der Waals surface area contributed by atoms with Crippen molar-refractivity contribution in [3.63, 3.8) is 0 Å². The molecule has 4 aromatic carbocycles. The standard InChI is InChI=1S/C45H48N4O/c1-29(45(7,8)9)34-18-21-40-39(25-34)38-20-19-37(27-41(38)48(40)42-24-32(22-23-46-42)28-44(4,5)6)50-36-17-13-16-35(26-36)49-31(3)43(30(2)47-49)33-14-11-10-12-15-33/h10-27,29H,28H2,1-9H3. The molecule has 0 spiro atoms. The van der Waals surface area contributed by atoms with Crippen molar-refractivity contribution in [1.29, 1.82) is 0 Å². The van der Waals surface area contributed by atoms with Crippen LogP contribution in [0.5, 0.6) is 11.5 Å². The molecule has 3 heterocycles. The van der Waals surface area contributed by atoms with Crippen molar-refractivity contribution in [1.82, 2.24) is 19.3 Å². The molecule has 0 bridgehead atoms. The fraction of sp³-hybridized carbons (Fsp3) is 0.289. The Morgan fingerprint density at radius 1 is 0.720 bits per heavy atom. The molecule has 0 aliphatic rings. The molecular formula is C45H48N4O. The van der Waals surface area contributed by atoms with Crippen molar-refractivity contribution in [3.8, 4) is 34.1 Å². The van der Waals surface area contributed by atoms with E-state index < -0.39 is 0 Å². The van der Waals surface area contributed by atoms with E-state index in [2.05, 4.69) is 152 Å². The summed E-state index contributed by atoms with van der Waals surface area (Å²) in [7, 11) is 0. The van der Waals surface area contributed by atoms with Crippen LogP contribution in [-0.2, 0) is 6.42 Å². The number of benzene rings is 4. The maximum Gasteiger partial charge on any atom is 0.137 e. The van der Waals surface area contributed by atoms with Crippen LogP contribution in [0.3, 0.4) is 0 Å². The summed E-state index contributed by atoms with van der Waals surface area (Å²) in [6.07, 6.45) is 2.91. The number of pyridine rings is 1. The number of hydrogen-bond acceptors (Lipinski definition) is 3. The number of fused-ring (bicyclic) bond motifs is 3. The van der Waals surface area contributed by atoms with Crippen molar-refractivity contribution in [2.45, 2.75) is 74.7 Å². The van der Waals surface area contributed by atoms with E-state index in [1.54, 1.807) is 0 Å². The van der Waals surface area contributed by atoms with Crippen LogP contribution in [0.15, 0.2) is 109 Å². The fourth-order valence-corrected chi connectivity index (χ4v) is 7.13. The van der Waals surface area contributed by atoms with E-state index in [1.807, 2.05) is 29.1 Å². The van der Waals surface area contributed by atoms with Crippen molar-refractivity contribution in [2.75, 3.05) is 0 Å². The molecule has 1 atom stereocenters. The summed E-state index contributed by atoms with van der Waals surface area (Å²) >= 11 is 0. The van der Waals surface area contributed by atoms with Crippen LogP contribution in [0.25, 0.3) is 44.4 Å². The highest BCUT2D eigenvalue weighted by atomic mass is 16.5. The van der Waals surface area contributed by atoms with Crippen LogP contribution in [0.1, 0.15) is 76.9 Å². The third-order valence-corrected chi connectivity index (χ3v) is 9.99. The lowest BCUT2D eigenvalue weighted by atomic mass is 9.77. The lowest BCUT2D eigenvalue weighted by Crippen LogP contribution is -2.15. The van der Waals surface area contributed by atoms with Gasteiger partial charge < -0.3 is 4.74 Å². The van der Waals surface area contributed by atoms with E-state index in [9.17, 15) is 0 Å². The first-order valence-electron chi connectivity index (χ1n) is 17.7. The topological polar surface area (TPSA) is 44.9 Å². The second-order valence-electron chi connectivity index (χ2n) is 16.1. The lowest BCUT2D eigenvalue weighted by molar-refractivity contribution is 0.340. The average Bonchev–Trinajstić information content (AvgIpc) is 3.55. The summed E-state index contributed by atoms with van der Waals surface area (Å²) in [6.45, 7) is 20.3. The Kier molecular flexibility index (Phi) is 8.42. The highest BCUT2D eigenvalue weighted by Gasteiger charge is 2.24. The monoisotopic (exact) mass is 660 g/mol. The lowest BCUT2D eigenvalue weighted by Gasteiger charge is -2.27. The summed E-state index contributed by atoms with van der Waals surface area (Å²) in [6, 6.07) is 36.4. The van der Waals surface area contributed by atoms with E-state index in [0.29, 0.717) is 5.92 Å². The maximum absolute atomic E-state index is 6.62. The normalized spacial score (nSPS) is 12.9. The fourth-order valence-electron chi connectivity index (χ4n) is 7.13. The van der Waals surface area contributed by atoms with Crippen molar-refractivity contribution in [2.24, 2.45) is 10.8 Å². The molecule has 5 nitrogen and oxygen atoms in total. The zero-order valence-electron chi connectivity index (χ0n) is 30.9. The molecule has 1 unspecified atom stereocenters. The van der Waals surface area contributed by atoms with Gasteiger partial charge in [-0.2, -0.15) is 5.10 Å². The van der Waals surface area contributed by atoms with Gasteiger partial charge in [0.25, 0.3) is 0 Å². The molecule has 0 N–H and O–H groups in total. The molecule has 0 fully saturated rings. The number of nitrogens with zero attached hydrogens (tertiary/aromatic N) is 4. The van der Waals surface area contributed by atoms with E-state index in [-0.39, 0.29) is 10.8 Å². The van der Waals surface area contributed by atoms with Gasteiger partial charge in [0, 0.05) is 40.4 Å². The molecule has 0 saturated heterocycles. The van der Waals surface area contributed by atoms with Gasteiger partial charge in [-0.3, -0.25) is 4.57 Å². The average molecular weight is 661 g/mol. The van der Waals surface area contributed by atoms with Gasteiger partial charge in [-0.1, -0.05) is 90.9 Å². The van der Waals surface area contributed by atoms with Crippen LogP contribution >= 0.6 is 0 Å². The minimum absolute atomic E-state index is 0.154. The van der Waals surface area contributed by atoms with E-state index in [0.717, 1.165) is 57.4 Å². The minimum atomic E-state index is 0.154. The Morgan fingerprint density at radius 3 is 2.22 bits per heavy atom. The summed E-state index contributed by atoms with van der Waals surface area (Å²) in [4.78, 5) is 4.92. The van der Waals surface area contributed by atoms with Crippen LogP contribution in [0.4, 0.5) is 0 Å². The SMILES string of the molecule is Cc1nn(-c2cccc(Oc3ccc4c5cc(C(C)C(C)(C)C)ccc5n(-c5cc(CC(C)(C)C)ccn5)c4c3)c2)c(C)c1-c1ccccc1. The molecule has 0 aliphatic carbocycles. The number of ether oxygens (including phenoxy) is 1. The molecule has 0 aliphatic heterocycles. The highest BCUT2D eigenvalue weighted by molar-refractivity contribution is 6.09. The minimum Gasteiger partial charge on any atom is -0.457 e. The first-order chi connectivity index (χ1) is 23.8. The summed E-state index contributed by atoms with van der Waals surface area (Å²) in [5.41, 5.74) is 10.5. The number of hydrogen-bond donors (Lipinski definition) is 0. The third-order valence-electron chi connectivity index (χ3n) is 9.99. The molecule has 50 heavy (non-hydrogen) atoms. The van der Waals surface area contributed by atoms with E-state index in [1.165, 1.54) is 27.5 Å². The molecular weight excluding hydrogens is 613 g/mol. The molecule has 254 valence electrons. The molecule has 7 aromatic rings. The number of rotatable bonds is 7. The zero-order valence-corrected chi connectivity index (χ0v) is 30.9. The van der Waals surface area contributed by atoms with Gasteiger partial charge in [0.1, 0.15) is 17.3 Å². The molecule has 0 saturated carbocycles. The van der Waals surface area contributed by atoms with Crippen molar-refractivity contribution in [3.05, 3.63) is 132 Å². The van der Waals surface area contributed by atoms with E-state index in [4.69, 9.17) is 14.8 Å². The van der Waals surface area contributed by atoms with Crippen LogP contribution in [-0.4, -0.2) is 19.3 Å². The zero-order chi connectivity index (χ0) is 35.4. The first kappa shape index (κ1) is 33.3. The quantitative estimate of drug-likeness (QED) is 0.171. The molecule has 0 amide bonds. The largest absolute Gasteiger partial charge is 0.457 e. The third kappa shape index (κ3) is 6.45. The first-order valence-corrected chi connectivity index (χ1v) is 17.7. The van der Waals surface area contributed by atoms with Gasteiger partial charge >= 0.3 is 0 Å². The van der Waals surface area contributed by atoms with Crippen LogP contribution < -0.4 is 4.74 Å². The van der Waals surface area contributed by atoms with Crippen molar-refractivity contribution >= 4 is 21.8 Å². The summed E-state index contributed by atoms with van der Waals surface area (Å²) < 4.78 is 10.9. The smallest absolute Gasteiger partial charge is 0.137 e. The number of aryl methyl sites for hydroxylation is 1. The Balaban J connectivity index is 1.32. The molecule has 3 aromatic heterocycles. The van der Waals surface area contributed by atoms with E-state index >= 15 is 0 Å². The molecule has 0 radical (unpaired) electrons. The van der Waals surface area contributed by atoms with Gasteiger partial charge in [0.2, 0.25) is 0 Å². The van der Waals surface area contributed by atoms with Gasteiger partial charge in [0.15, 0.2) is 0 Å². The molecule has 5 heteroatoms. The molecule has 7 rings (SSSR count). The van der Waals surface area contributed by atoms with Gasteiger partial charge in [-0.05, 0) is 102 Å². The van der Waals surface area contributed by atoms with Gasteiger partial charge in [-0.25, -0.2) is 9.67 Å². The van der Waals surface area contributed by atoms with Crippen molar-refractivity contribution < 1.29 is 4.74 Å². The maximum atomic E-state index is 6.62. The Morgan fingerprint density at radius 2 is 1.48 bits per heavy atom. The van der Waals surface area contributed by atoms with Crippen LogP contribution in [0.2, 0.25) is 0 Å². The second kappa shape index (κ2) is 12.6. The number of aromatic nitrogens is 4. The summed E-state index contributed by atoms with van der Waals surface area (Å²) in [5, 5.41) is 7.34.